The first-order valence-corrected chi connectivity index (χ1v) is 12.3. The highest BCUT2D eigenvalue weighted by atomic mass is 32.2. The predicted molar refractivity (Wildman–Crippen MR) is 131 cm³/mol. The van der Waals surface area contributed by atoms with Gasteiger partial charge in [-0.15, -0.1) is 11.8 Å². The number of hydrogen-bond donors (Lipinski definition) is 1. The lowest BCUT2D eigenvalue weighted by molar-refractivity contribution is -0.138. The fourth-order valence-electron chi connectivity index (χ4n) is 4.55. The Morgan fingerprint density at radius 2 is 1.97 bits per heavy atom. The highest BCUT2D eigenvalue weighted by Gasteiger charge is 2.46. The van der Waals surface area contributed by atoms with Gasteiger partial charge in [0.2, 0.25) is 0 Å². The molecule has 1 amide bonds. The van der Waals surface area contributed by atoms with Gasteiger partial charge in [-0.2, -0.15) is 0 Å². The summed E-state index contributed by atoms with van der Waals surface area (Å²) in [6.07, 6.45) is 3.88. The predicted octanol–water partition coefficient (Wildman–Crippen LogP) is 4.67. The SMILES string of the molecule is CCC1([C@H]2CCCCN2C(=O)COc2ccccc2)NC(c2cccc(C(=O)OC)c2)=CS1. The zero-order valence-electron chi connectivity index (χ0n) is 19.1. The monoisotopic (exact) mass is 466 g/mol. The number of carbonyl (C=O) groups is 2. The first kappa shape index (κ1) is 23.2. The van der Waals surface area contributed by atoms with Crippen LogP contribution in [0.15, 0.2) is 60.0 Å². The van der Waals surface area contributed by atoms with Gasteiger partial charge in [-0.25, -0.2) is 4.79 Å². The van der Waals surface area contributed by atoms with Crippen LogP contribution in [0.5, 0.6) is 5.75 Å². The Balaban J connectivity index is 1.49. The van der Waals surface area contributed by atoms with Crippen molar-refractivity contribution in [2.24, 2.45) is 0 Å². The second-order valence-corrected chi connectivity index (χ2v) is 9.49. The number of piperidine rings is 1. The molecule has 0 aromatic heterocycles. The van der Waals surface area contributed by atoms with E-state index >= 15 is 0 Å². The zero-order chi connectivity index (χ0) is 23.3. The minimum Gasteiger partial charge on any atom is -0.484 e. The van der Waals surface area contributed by atoms with Crippen LogP contribution in [0.4, 0.5) is 0 Å². The fourth-order valence-corrected chi connectivity index (χ4v) is 5.81. The van der Waals surface area contributed by atoms with Crippen LogP contribution in [0.25, 0.3) is 5.70 Å². The van der Waals surface area contributed by atoms with E-state index in [2.05, 4.69) is 17.6 Å². The summed E-state index contributed by atoms with van der Waals surface area (Å²) >= 11 is 1.73. The number of ether oxygens (including phenoxy) is 2. The molecule has 0 aliphatic carbocycles. The van der Waals surface area contributed by atoms with Crippen molar-refractivity contribution in [3.8, 4) is 5.75 Å². The van der Waals surface area contributed by atoms with Crippen molar-refractivity contribution in [2.75, 3.05) is 20.3 Å². The van der Waals surface area contributed by atoms with E-state index in [-0.39, 0.29) is 29.4 Å². The molecule has 1 saturated heterocycles. The van der Waals surface area contributed by atoms with Gasteiger partial charge in [0.15, 0.2) is 6.61 Å². The standard InChI is InChI=1S/C26H30N2O4S/c1-3-26(27-22(18-33-26)19-10-9-11-20(16-19)25(30)31-2)23-14-7-8-15-28(23)24(29)17-32-21-12-5-4-6-13-21/h4-6,9-13,16,18,23,27H,3,7-8,14-15,17H2,1-2H3/t23-,26?/m1/s1. The van der Waals surface area contributed by atoms with Crippen LogP contribution in [-0.4, -0.2) is 48.0 Å². The third-order valence-electron chi connectivity index (χ3n) is 6.32. The van der Waals surface area contributed by atoms with Crippen LogP contribution in [-0.2, 0) is 9.53 Å². The van der Waals surface area contributed by atoms with E-state index in [0.29, 0.717) is 11.3 Å². The molecule has 2 aliphatic rings. The Morgan fingerprint density at radius 1 is 1.15 bits per heavy atom. The van der Waals surface area contributed by atoms with E-state index in [1.165, 1.54) is 7.11 Å². The lowest BCUT2D eigenvalue weighted by atomic mass is 9.92. The molecule has 1 unspecified atom stereocenters. The number of likely N-dealkylation sites (tertiary alicyclic amines) is 1. The summed E-state index contributed by atoms with van der Waals surface area (Å²) in [5.74, 6) is 0.361. The fraction of sp³-hybridized carbons (Fsp3) is 0.385. The summed E-state index contributed by atoms with van der Waals surface area (Å²) in [5, 5.41) is 5.83. The van der Waals surface area contributed by atoms with Crippen molar-refractivity contribution in [3.63, 3.8) is 0 Å². The molecule has 0 spiro atoms. The molecule has 2 aromatic carbocycles. The maximum Gasteiger partial charge on any atom is 0.337 e. The quantitative estimate of drug-likeness (QED) is 0.598. The van der Waals surface area contributed by atoms with Crippen LogP contribution in [0, 0.1) is 0 Å². The number of amides is 1. The summed E-state index contributed by atoms with van der Waals surface area (Å²) in [6, 6.07) is 16.9. The van der Waals surface area contributed by atoms with Crippen molar-refractivity contribution in [2.45, 2.75) is 43.5 Å². The Morgan fingerprint density at radius 3 is 2.73 bits per heavy atom. The number of rotatable bonds is 7. The van der Waals surface area contributed by atoms with E-state index < -0.39 is 0 Å². The number of benzene rings is 2. The Kier molecular flexibility index (Phi) is 7.28. The number of para-hydroxylation sites is 1. The van der Waals surface area contributed by atoms with Gasteiger partial charge < -0.3 is 19.7 Å². The molecule has 1 N–H and O–H groups in total. The van der Waals surface area contributed by atoms with Gasteiger partial charge in [-0.3, -0.25) is 4.79 Å². The van der Waals surface area contributed by atoms with E-state index in [0.717, 1.165) is 43.5 Å². The molecule has 0 radical (unpaired) electrons. The molecule has 6 nitrogen and oxygen atoms in total. The van der Waals surface area contributed by atoms with Crippen molar-refractivity contribution >= 4 is 29.3 Å². The zero-order valence-corrected chi connectivity index (χ0v) is 19.9. The molecule has 2 aliphatic heterocycles. The maximum atomic E-state index is 13.2. The number of nitrogens with zero attached hydrogens (tertiary/aromatic N) is 1. The minimum atomic E-state index is -0.354. The molecule has 174 valence electrons. The van der Waals surface area contributed by atoms with E-state index in [1.807, 2.05) is 53.4 Å². The molecule has 2 aromatic rings. The van der Waals surface area contributed by atoms with Crippen molar-refractivity contribution in [1.29, 1.82) is 0 Å². The van der Waals surface area contributed by atoms with Gasteiger partial charge in [-0.1, -0.05) is 37.3 Å². The van der Waals surface area contributed by atoms with Crippen LogP contribution in [0.2, 0.25) is 0 Å². The average molecular weight is 467 g/mol. The normalized spacial score (nSPS) is 22.3. The molecule has 2 atom stereocenters. The van der Waals surface area contributed by atoms with Crippen molar-refractivity contribution in [3.05, 3.63) is 71.1 Å². The van der Waals surface area contributed by atoms with Crippen molar-refractivity contribution in [1.82, 2.24) is 10.2 Å². The van der Waals surface area contributed by atoms with Crippen LogP contribution < -0.4 is 10.1 Å². The van der Waals surface area contributed by atoms with Crippen molar-refractivity contribution < 1.29 is 19.1 Å². The first-order valence-electron chi connectivity index (χ1n) is 11.4. The number of esters is 1. The molecule has 33 heavy (non-hydrogen) atoms. The molecular formula is C26H30N2O4S. The molecule has 1 fully saturated rings. The topological polar surface area (TPSA) is 67.9 Å². The summed E-state index contributed by atoms with van der Waals surface area (Å²) in [7, 11) is 1.39. The average Bonchev–Trinajstić information content (AvgIpc) is 3.33. The largest absolute Gasteiger partial charge is 0.484 e. The van der Waals surface area contributed by atoms with E-state index in [4.69, 9.17) is 9.47 Å². The number of methoxy groups -OCH3 is 1. The second-order valence-electron chi connectivity index (χ2n) is 8.29. The highest BCUT2D eigenvalue weighted by molar-refractivity contribution is 8.04. The lowest BCUT2D eigenvalue weighted by Crippen LogP contribution is -2.60. The molecule has 0 saturated carbocycles. The molecule has 7 heteroatoms. The minimum absolute atomic E-state index is 0.0138. The van der Waals surface area contributed by atoms with E-state index in [1.54, 1.807) is 17.8 Å². The lowest BCUT2D eigenvalue weighted by Gasteiger charge is -2.46. The first-order chi connectivity index (χ1) is 16.1. The maximum absolute atomic E-state index is 13.2. The molecular weight excluding hydrogens is 436 g/mol. The molecule has 4 rings (SSSR count). The number of hydrogen-bond acceptors (Lipinski definition) is 6. The van der Waals surface area contributed by atoms with Gasteiger partial charge in [0.25, 0.3) is 5.91 Å². The summed E-state index contributed by atoms with van der Waals surface area (Å²) in [5.41, 5.74) is 2.41. The second kappa shape index (κ2) is 10.3. The smallest absolute Gasteiger partial charge is 0.337 e. The number of thioether (sulfide) groups is 1. The van der Waals surface area contributed by atoms with Crippen LogP contribution >= 0.6 is 11.8 Å². The number of carbonyl (C=O) groups excluding carboxylic acids is 2. The summed E-state index contributed by atoms with van der Waals surface area (Å²) < 4.78 is 10.6. The molecule has 0 bridgehead atoms. The Hall–Kier alpha value is -2.93. The third kappa shape index (κ3) is 5.03. The highest BCUT2D eigenvalue weighted by Crippen LogP contribution is 2.44. The molecule has 2 heterocycles. The van der Waals surface area contributed by atoms with E-state index in [9.17, 15) is 9.59 Å². The third-order valence-corrected chi connectivity index (χ3v) is 7.76. The van der Waals surface area contributed by atoms with Gasteiger partial charge in [0, 0.05) is 12.2 Å². The van der Waals surface area contributed by atoms with Gasteiger partial charge in [0.05, 0.1) is 18.7 Å². The van der Waals surface area contributed by atoms with Gasteiger partial charge >= 0.3 is 5.97 Å². The van der Waals surface area contributed by atoms with Crippen LogP contribution in [0.3, 0.4) is 0 Å². The van der Waals surface area contributed by atoms with Gasteiger partial charge in [0.1, 0.15) is 10.6 Å². The Bertz CT molecular complexity index is 1030. The summed E-state index contributed by atoms with van der Waals surface area (Å²) in [4.78, 5) is 26.8. The Labute approximate surface area is 199 Å². The van der Waals surface area contributed by atoms with Gasteiger partial charge in [-0.05, 0) is 60.9 Å². The van der Waals surface area contributed by atoms with Crippen LogP contribution in [0.1, 0.15) is 48.5 Å². The number of nitrogens with one attached hydrogen (secondary N) is 1. The summed E-state index contributed by atoms with van der Waals surface area (Å²) in [6.45, 7) is 2.92.